The van der Waals surface area contributed by atoms with Crippen LogP contribution in [0.2, 0.25) is 0 Å². The second kappa shape index (κ2) is 5.33. The van der Waals surface area contributed by atoms with Crippen molar-refractivity contribution >= 4 is 18.3 Å². The molecule has 6 nitrogen and oxygen atoms in total. The molecule has 0 saturated carbocycles. The largest absolute Gasteiger partial charge is 0.453 e. The van der Waals surface area contributed by atoms with Crippen LogP contribution in [0.3, 0.4) is 0 Å². The highest BCUT2D eigenvalue weighted by molar-refractivity contribution is 5.84. The Labute approximate surface area is 87.6 Å². The number of aldehydes is 1. The SMILES string of the molecule is COC(=O)NCC(=O)N1CCC[C@H]1C=O. The van der Waals surface area contributed by atoms with Crippen molar-refractivity contribution in [2.75, 3.05) is 20.2 Å². The lowest BCUT2D eigenvalue weighted by Gasteiger charge is -2.20. The fourth-order valence-corrected chi connectivity index (χ4v) is 1.57. The van der Waals surface area contributed by atoms with Gasteiger partial charge in [0.2, 0.25) is 5.91 Å². The van der Waals surface area contributed by atoms with Crippen LogP contribution < -0.4 is 5.32 Å². The van der Waals surface area contributed by atoms with Gasteiger partial charge in [-0.05, 0) is 12.8 Å². The molecule has 0 aromatic rings. The van der Waals surface area contributed by atoms with Crippen molar-refractivity contribution in [1.29, 1.82) is 0 Å². The predicted molar refractivity (Wildman–Crippen MR) is 51.2 cm³/mol. The Balaban J connectivity index is 2.39. The van der Waals surface area contributed by atoms with Crippen molar-refractivity contribution in [3.05, 3.63) is 0 Å². The van der Waals surface area contributed by atoms with Crippen LogP contribution in [0, 0.1) is 0 Å². The highest BCUT2D eigenvalue weighted by atomic mass is 16.5. The van der Waals surface area contributed by atoms with Crippen LogP contribution in [-0.4, -0.2) is 49.4 Å². The molecule has 0 aromatic heterocycles. The first-order valence-electron chi connectivity index (χ1n) is 4.75. The lowest BCUT2D eigenvalue weighted by molar-refractivity contribution is -0.133. The van der Waals surface area contributed by atoms with Gasteiger partial charge in [-0.2, -0.15) is 0 Å². The van der Waals surface area contributed by atoms with Gasteiger partial charge in [-0.3, -0.25) is 4.79 Å². The summed E-state index contributed by atoms with van der Waals surface area (Å²) < 4.78 is 4.33. The first-order chi connectivity index (χ1) is 7.19. The minimum atomic E-state index is -0.648. The van der Waals surface area contributed by atoms with Crippen molar-refractivity contribution in [3.63, 3.8) is 0 Å². The molecule has 6 heteroatoms. The normalized spacial score (nSPS) is 19.8. The van der Waals surface area contributed by atoms with Crippen molar-refractivity contribution in [3.8, 4) is 0 Å². The van der Waals surface area contributed by atoms with Crippen LogP contribution in [0.25, 0.3) is 0 Å². The van der Waals surface area contributed by atoms with Crippen LogP contribution in [0.15, 0.2) is 0 Å². The molecule has 1 aliphatic heterocycles. The molecule has 1 saturated heterocycles. The summed E-state index contributed by atoms with van der Waals surface area (Å²) >= 11 is 0. The zero-order valence-electron chi connectivity index (χ0n) is 8.56. The summed E-state index contributed by atoms with van der Waals surface area (Å²) in [4.78, 5) is 34.3. The van der Waals surface area contributed by atoms with Gasteiger partial charge in [-0.1, -0.05) is 0 Å². The van der Waals surface area contributed by atoms with Crippen molar-refractivity contribution in [2.45, 2.75) is 18.9 Å². The molecule has 0 bridgehead atoms. The smallest absolute Gasteiger partial charge is 0.407 e. The molecule has 1 fully saturated rings. The first kappa shape index (κ1) is 11.5. The van der Waals surface area contributed by atoms with Crippen molar-refractivity contribution in [2.24, 2.45) is 0 Å². The quantitative estimate of drug-likeness (QED) is 0.644. The van der Waals surface area contributed by atoms with Gasteiger partial charge in [0.15, 0.2) is 0 Å². The van der Waals surface area contributed by atoms with Gasteiger partial charge in [-0.25, -0.2) is 4.79 Å². The predicted octanol–water partition coefficient (Wildman–Crippen LogP) is -0.468. The van der Waals surface area contributed by atoms with Gasteiger partial charge in [0.25, 0.3) is 0 Å². The van der Waals surface area contributed by atoms with Crippen molar-refractivity contribution < 1.29 is 19.1 Å². The fraction of sp³-hybridized carbons (Fsp3) is 0.667. The summed E-state index contributed by atoms with van der Waals surface area (Å²) in [5.74, 6) is -0.255. The average Bonchev–Trinajstić information content (AvgIpc) is 2.73. The summed E-state index contributed by atoms with van der Waals surface area (Å²) in [7, 11) is 1.23. The maximum Gasteiger partial charge on any atom is 0.407 e. The Hall–Kier alpha value is -1.59. The molecular weight excluding hydrogens is 200 g/mol. The van der Waals surface area contributed by atoms with E-state index in [1.807, 2.05) is 0 Å². The first-order valence-corrected chi connectivity index (χ1v) is 4.75. The van der Waals surface area contributed by atoms with E-state index in [2.05, 4.69) is 10.1 Å². The number of nitrogens with zero attached hydrogens (tertiary/aromatic N) is 1. The number of hydrogen-bond acceptors (Lipinski definition) is 4. The number of ether oxygens (including phenoxy) is 1. The lowest BCUT2D eigenvalue weighted by atomic mass is 10.2. The number of amides is 2. The molecule has 1 rings (SSSR count). The third-order valence-corrected chi connectivity index (χ3v) is 2.35. The number of nitrogens with one attached hydrogen (secondary N) is 1. The molecule has 1 N–H and O–H groups in total. The molecule has 0 aliphatic carbocycles. The zero-order valence-corrected chi connectivity index (χ0v) is 8.56. The average molecular weight is 214 g/mol. The van der Waals surface area contributed by atoms with E-state index in [0.29, 0.717) is 13.0 Å². The molecule has 2 amide bonds. The van der Waals surface area contributed by atoms with Gasteiger partial charge >= 0.3 is 6.09 Å². The molecule has 1 heterocycles. The molecule has 84 valence electrons. The van der Waals surface area contributed by atoms with E-state index >= 15 is 0 Å². The summed E-state index contributed by atoms with van der Waals surface area (Å²) in [6.07, 6.45) is 1.65. The Morgan fingerprint density at radius 3 is 2.93 bits per heavy atom. The zero-order chi connectivity index (χ0) is 11.3. The molecule has 1 aliphatic rings. The molecule has 0 aromatic carbocycles. The van der Waals surface area contributed by atoms with E-state index in [0.717, 1.165) is 12.7 Å². The minimum absolute atomic E-state index is 0.128. The summed E-state index contributed by atoms with van der Waals surface area (Å²) in [5, 5.41) is 2.29. The van der Waals surface area contributed by atoms with E-state index in [4.69, 9.17) is 0 Å². The van der Waals surface area contributed by atoms with Gasteiger partial charge in [0, 0.05) is 6.54 Å². The topological polar surface area (TPSA) is 75.7 Å². The van der Waals surface area contributed by atoms with Gasteiger partial charge in [0.1, 0.15) is 12.8 Å². The number of alkyl carbamates (subject to hydrolysis) is 1. The standard InChI is InChI=1S/C9H14N2O4/c1-15-9(14)10-5-8(13)11-4-2-3-7(11)6-12/h6-7H,2-5H2,1H3,(H,10,14)/t7-/m0/s1. The Bertz CT molecular complexity index is 267. The molecular formula is C9H14N2O4. The highest BCUT2D eigenvalue weighted by Crippen LogP contribution is 2.14. The number of methoxy groups -OCH3 is 1. The second-order valence-corrected chi connectivity index (χ2v) is 3.28. The van der Waals surface area contributed by atoms with Gasteiger partial charge in [-0.15, -0.1) is 0 Å². The maximum atomic E-state index is 11.5. The number of hydrogen-bond donors (Lipinski definition) is 1. The summed E-state index contributed by atoms with van der Waals surface area (Å²) in [5.41, 5.74) is 0. The lowest BCUT2D eigenvalue weighted by Crippen LogP contribution is -2.43. The summed E-state index contributed by atoms with van der Waals surface area (Å²) in [6.45, 7) is 0.447. The second-order valence-electron chi connectivity index (χ2n) is 3.28. The third-order valence-electron chi connectivity index (χ3n) is 2.35. The number of carbonyl (C=O) groups excluding carboxylic acids is 3. The highest BCUT2D eigenvalue weighted by Gasteiger charge is 2.27. The van der Waals surface area contributed by atoms with Crippen molar-refractivity contribution in [1.82, 2.24) is 10.2 Å². The minimum Gasteiger partial charge on any atom is -0.453 e. The fourth-order valence-electron chi connectivity index (χ4n) is 1.57. The Morgan fingerprint density at radius 1 is 1.60 bits per heavy atom. The van der Waals surface area contributed by atoms with E-state index in [-0.39, 0.29) is 18.5 Å². The maximum absolute atomic E-state index is 11.5. The molecule has 0 unspecified atom stereocenters. The van der Waals surface area contributed by atoms with Crippen LogP contribution in [0.5, 0.6) is 0 Å². The van der Waals surface area contributed by atoms with Crippen LogP contribution in [0.1, 0.15) is 12.8 Å². The molecule has 1 atom stereocenters. The van der Waals surface area contributed by atoms with Crippen LogP contribution in [-0.2, 0) is 14.3 Å². The Morgan fingerprint density at radius 2 is 2.33 bits per heavy atom. The molecule has 0 spiro atoms. The van der Waals surface area contributed by atoms with E-state index in [1.54, 1.807) is 0 Å². The van der Waals surface area contributed by atoms with Gasteiger partial charge < -0.3 is 19.7 Å². The number of likely N-dealkylation sites (tertiary alicyclic amines) is 1. The molecule has 15 heavy (non-hydrogen) atoms. The molecule has 0 radical (unpaired) electrons. The van der Waals surface area contributed by atoms with E-state index in [1.165, 1.54) is 12.0 Å². The monoisotopic (exact) mass is 214 g/mol. The number of rotatable bonds is 3. The van der Waals surface area contributed by atoms with Crippen LogP contribution in [0.4, 0.5) is 4.79 Å². The summed E-state index contributed by atoms with van der Waals surface area (Å²) in [6, 6.07) is -0.336. The van der Waals surface area contributed by atoms with Crippen LogP contribution >= 0.6 is 0 Å². The van der Waals surface area contributed by atoms with E-state index in [9.17, 15) is 14.4 Å². The van der Waals surface area contributed by atoms with E-state index < -0.39 is 6.09 Å². The van der Waals surface area contributed by atoms with Gasteiger partial charge in [0.05, 0.1) is 13.2 Å². The number of carbonyl (C=O) groups is 3. The Kier molecular flexibility index (Phi) is 4.08. The third kappa shape index (κ3) is 2.93.